The van der Waals surface area contributed by atoms with Crippen molar-refractivity contribution in [3.05, 3.63) is 45.9 Å². The molecular weight excluding hydrogens is 267 g/mol. The van der Waals surface area contributed by atoms with Crippen molar-refractivity contribution in [3.63, 3.8) is 0 Å². The Labute approximate surface area is 113 Å². The van der Waals surface area contributed by atoms with Gasteiger partial charge in [-0.2, -0.15) is 9.37 Å². The van der Waals surface area contributed by atoms with Gasteiger partial charge in [0.1, 0.15) is 5.75 Å². The number of nitrogens with one attached hydrogen (secondary N) is 1. The summed E-state index contributed by atoms with van der Waals surface area (Å²) in [7, 11) is 1.59. The first-order valence-electron chi connectivity index (χ1n) is 5.64. The first-order chi connectivity index (χ1) is 9.51. The van der Waals surface area contributed by atoms with E-state index in [-0.39, 0.29) is 23.3 Å². The number of rotatable bonds is 4. The van der Waals surface area contributed by atoms with E-state index in [4.69, 9.17) is 4.74 Å². The number of nitrogens with zero attached hydrogens (tertiary/aromatic N) is 3. The molecule has 2 rings (SSSR count). The van der Waals surface area contributed by atoms with Gasteiger partial charge in [-0.05, 0) is 18.6 Å². The van der Waals surface area contributed by atoms with E-state index in [0.717, 1.165) is 6.20 Å². The predicted molar refractivity (Wildman–Crippen MR) is 69.4 cm³/mol. The maximum absolute atomic E-state index is 13.5. The third kappa shape index (κ3) is 2.79. The Morgan fingerprint density at radius 3 is 2.80 bits per heavy atom. The van der Waals surface area contributed by atoms with Crippen LogP contribution in [0.4, 0.5) is 16.0 Å². The highest BCUT2D eigenvalue weighted by atomic mass is 19.1. The van der Waals surface area contributed by atoms with E-state index >= 15 is 0 Å². The van der Waals surface area contributed by atoms with E-state index in [2.05, 4.69) is 15.3 Å². The average Bonchev–Trinajstić information content (AvgIpc) is 2.43. The number of non-ortho nitro benzene ring substituents is 1. The molecule has 0 radical (unpaired) electrons. The molecule has 104 valence electrons. The fourth-order valence-corrected chi connectivity index (χ4v) is 1.51. The van der Waals surface area contributed by atoms with Gasteiger partial charge < -0.3 is 10.1 Å². The van der Waals surface area contributed by atoms with Gasteiger partial charge >= 0.3 is 0 Å². The lowest BCUT2D eigenvalue weighted by molar-refractivity contribution is -0.384. The summed E-state index contributed by atoms with van der Waals surface area (Å²) >= 11 is 0. The Morgan fingerprint density at radius 2 is 2.20 bits per heavy atom. The van der Waals surface area contributed by atoms with Crippen molar-refractivity contribution < 1.29 is 14.1 Å². The van der Waals surface area contributed by atoms with Crippen LogP contribution in [0, 0.1) is 22.9 Å². The standard InChI is InChI=1S/C12H11FN4O3/c1-7-5-8(17(18)19)3-4-10(7)20-11-9(13)6-15-12(14-2)16-11/h3-6H,1-2H3,(H,14,15,16). The minimum absolute atomic E-state index is 0.0612. The van der Waals surface area contributed by atoms with Gasteiger partial charge in [-0.15, -0.1) is 0 Å². The Hall–Kier alpha value is -2.77. The van der Waals surface area contributed by atoms with Gasteiger partial charge in [0.25, 0.3) is 11.6 Å². The Balaban J connectivity index is 2.32. The van der Waals surface area contributed by atoms with Gasteiger partial charge in [0.2, 0.25) is 11.8 Å². The van der Waals surface area contributed by atoms with Crippen molar-refractivity contribution in [2.45, 2.75) is 6.92 Å². The summed E-state index contributed by atoms with van der Waals surface area (Å²) in [5, 5.41) is 13.3. The minimum Gasteiger partial charge on any atom is -0.436 e. The van der Waals surface area contributed by atoms with Crippen LogP contribution >= 0.6 is 0 Å². The Kier molecular flexibility index (Phi) is 3.74. The second-order valence-corrected chi connectivity index (χ2v) is 3.91. The first kappa shape index (κ1) is 13.7. The number of benzene rings is 1. The van der Waals surface area contributed by atoms with Crippen LogP contribution in [0.5, 0.6) is 11.6 Å². The Bertz CT molecular complexity index is 663. The summed E-state index contributed by atoms with van der Waals surface area (Å²) in [6.07, 6.45) is 0.981. The van der Waals surface area contributed by atoms with Crippen molar-refractivity contribution in [2.24, 2.45) is 0 Å². The van der Waals surface area contributed by atoms with E-state index in [0.29, 0.717) is 5.56 Å². The highest BCUT2D eigenvalue weighted by Crippen LogP contribution is 2.28. The van der Waals surface area contributed by atoms with E-state index in [1.165, 1.54) is 18.2 Å². The fraction of sp³-hybridized carbons (Fsp3) is 0.167. The SMILES string of the molecule is CNc1ncc(F)c(Oc2ccc([N+](=O)[O-])cc2C)n1. The van der Waals surface area contributed by atoms with Crippen LogP contribution in [0.2, 0.25) is 0 Å². The summed E-state index contributed by atoms with van der Waals surface area (Å²) in [4.78, 5) is 17.6. The zero-order valence-corrected chi connectivity index (χ0v) is 10.8. The fourth-order valence-electron chi connectivity index (χ4n) is 1.51. The van der Waals surface area contributed by atoms with Gasteiger partial charge in [0, 0.05) is 19.2 Å². The summed E-state index contributed by atoms with van der Waals surface area (Å²) in [5.41, 5.74) is 0.442. The molecule has 0 aliphatic rings. The van der Waals surface area contributed by atoms with Gasteiger partial charge in [0.15, 0.2) is 0 Å². The van der Waals surface area contributed by atoms with Crippen molar-refractivity contribution in [1.29, 1.82) is 0 Å². The predicted octanol–water partition coefficient (Wildman–Crippen LogP) is 2.67. The third-order valence-electron chi connectivity index (χ3n) is 2.51. The molecule has 0 aliphatic carbocycles. The monoisotopic (exact) mass is 278 g/mol. The number of halogens is 1. The largest absolute Gasteiger partial charge is 0.436 e. The van der Waals surface area contributed by atoms with Crippen LogP contribution < -0.4 is 10.1 Å². The number of nitro groups is 1. The molecule has 0 saturated carbocycles. The van der Waals surface area contributed by atoms with Gasteiger partial charge in [-0.25, -0.2) is 4.98 Å². The zero-order valence-electron chi connectivity index (χ0n) is 10.8. The molecule has 2 aromatic rings. The second-order valence-electron chi connectivity index (χ2n) is 3.91. The van der Waals surface area contributed by atoms with Gasteiger partial charge in [-0.3, -0.25) is 10.1 Å². The molecule has 0 amide bonds. The quantitative estimate of drug-likeness (QED) is 0.683. The molecule has 1 aromatic carbocycles. The molecule has 0 saturated heterocycles. The molecule has 1 heterocycles. The molecule has 8 heteroatoms. The third-order valence-corrected chi connectivity index (χ3v) is 2.51. The van der Waals surface area contributed by atoms with Crippen LogP contribution in [0.15, 0.2) is 24.4 Å². The molecule has 1 aromatic heterocycles. The van der Waals surface area contributed by atoms with Crippen molar-refractivity contribution >= 4 is 11.6 Å². The highest BCUT2D eigenvalue weighted by molar-refractivity contribution is 5.44. The summed E-state index contributed by atoms with van der Waals surface area (Å²) < 4.78 is 18.9. The normalized spacial score (nSPS) is 10.2. The van der Waals surface area contributed by atoms with E-state index < -0.39 is 10.7 Å². The molecule has 0 aliphatic heterocycles. The molecule has 0 unspecified atom stereocenters. The van der Waals surface area contributed by atoms with Crippen molar-refractivity contribution in [2.75, 3.05) is 12.4 Å². The number of anilines is 1. The molecule has 1 N–H and O–H groups in total. The zero-order chi connectivity index (χ0) is 14.7. The lowest BCUT2D eigenvalue weighted by Gasteiger charge is -2.09. The smallest absolute Gasteiger partial charge is 0.269 e. The molecular formula is C12H11FN4O3. The average molecular weight is 278 g/mol. The van der Waals surface area contributed by atoms with Crippen LogP contribution in [-0.2, 0) is 0 Å². The highest BCUT2D eigenvalue weighted by Gasteiger charge is 2.13. The van der Waals surface area contributed by atoms with E-state index in [1.54, 1.807) is 14.0 Å². The number of hydrogen-bond donors (Lipinski definition) is 1. The van der Waals surface area contributed by atoms with Crippen LogP contribution in [0.25, 0.3) is 0 Å². The lowest BCUT2D eigenvalue weighted by atomic mass is 10.2. The number of ether oxygens (including phenoxy) is 1. The van der Waals surface area contributed by atoms with Crippen LogP contribution in [0.3, 0.4) is 0 Å². The molecule has 0 fully saturated rings. The number of nitro benzene ring substituents is 1. The number of aromatic nitrogens is 2. The van der Waals surface area contributed by atoms with Crippen LogP contribution in [0.1, 0.15) is 5.56 Å². The molecule has 0 bridgehead atoms. The molecule has 20 heavy (non-hydrogen) atoms. The van der Waals surface area contributed by atoms with Gasteiger partial charge in [-0.1, -0.05) is 0 Å². The van der Waals surface area contributed by atoms with Crippen molar-refractivity contribution in [1.82, 2.24) is 9.97 Å². The number of hydrogen-bond acceptors (Lipinski definition) is 6. The Morgan fingerprint density at radius 1 is 1.45 bits per heavy atom. The first-order valence-corrected chi connectivity index (χ1v) is 5.64. The maximum atomic E-state index is 13.5. The molecule has 7 nitrogen and oxygen atoms in total. The van der Waals surface area contributed by atoms with E-state index in [9.17, 15) is 14.5 Å². The maximum Gasteiger partial charge on any atom is 0.269 e. The van der Waals surface area contributed by atoms with Crippen molar-refractivity contribution in [3.8, 4) is 11.6 Å². The molecule has 0 spiro atoms. The molecule has 0 atom stereocenters. The minimum atomic E-state index is -0.721. The number of aryl methyl sites for hydroxylation is 1. The second kappa shape index (κ2) is 5.47. The summed E-state index contributed by atoms with van der Waals surface area (Å²) in [6.45, 7) is 1.63. The van der Waals surface area contributed by atoms with Gasteiger partial charge in [0.05, 0.1) is 11.1 Å². The summed E-state index contributed by atoms with van der Waals surface area (Å²) in [6, 6.07) is 4.02. The van der Waals surface area contributed by atoms with Crippen LogP contribution in [-0.4, -0.2) is 21.9 Å². The summed E-state index contributed by atoms with van der Waals surface area (Å²) in [5.74, 6) is -0.473. The topological polar surface area (TPSA) is 90.2 Å². The lowest BCUT2D eigenvalue weighted by Crippen LogP contribution is -2.01. The van der Waals surface area contributed by atoms with E-state index in [1.807, 2.05) is 0 Å².